The molecule has 0 radical (unpaired) electrons. The van der Waals surface area contributed by atoms with E-state index in [4.69, 9.17) is 4.52 Å². The van der Waals surface area contributed by atoms with Gasteiger partial charge in [-0.05, 0) is 26.0 Å². The fraction of sp³-hybridized carbons (Fsp3) is 0.182. The Kier molecular flexibility index (Phi) is 2.68. The van der Waals surface area contributed by atoms with E-state index in [0.29, 0.717) is 12.2 Å². The number of rotatable bonds is 3. The summed E-state index contributed by atoms with van der Waals surface area (Å²) in [7, 11) is 0. The number of carbonyl (C=O) groups excluding carboxylic acids is 1. The Morgan fingerprint density at radius 3 is 2.69 bits per heavy atom. The molecule has 82 valence electrons. The van der Waals surface area contributed by atoms with Gasteiger partial charge in [0, 0.05) is 17.3 Å². The highest BCUT2D eigenvalue weighted by molar-refractivity contribution is 5.72. The molecule has 0 aliphatic heterocycles. The third-order valence-corrected chi connectivity index (χ3v) is 2.29. The Morgan fingerprint density at radius 2 is 2.19 bits per heavy atom. The van der Waals surface area contributed by atoms with Crippen LogP contribution in [0.25, 0.3) is 11.1 Å². The highest BCUT2D eigenvalue weighted by Crippen LogP contribution is 2.26. The third kappa shape index (κ3) is 1.79. The lowest BCUT2D eigenvalue weighted by atomic mass is 10.1. The highest BCUT2D eigenvalue weighted by atomic mass is 16.5. The Hall–Kier alpha value is -2.17. The van der Waals surface area contributed by atoms with Crippen LogP contribution in [0.15, 0.2) is 22.9 Å². The summed E-state index contributed by atoms with van der Waals surface area (Å²) in [4.78, 5) is 14.3. The molecule has 0 fully saturated rings. The van der Waals surface area contributed by atoms with E-state index < -0.39 is 0 Å². The van der Waals surface area contributed by atoms with Gasteiger partial charge in [-0.2, -0.15) is 0 Å². The smallest absolute Gasteiger partial charge is 0.212 e. The van der Waals surface area contributed by atoms with Crippen LogP contribution in [-0.2, 0) is 4.79 Å². The second-order valence-corrected chi connectivity index (χ2v) is 3.39. The Bertz CT molecular complexity index is 483. The molecular formula is C11H11N3O2. The molecule has 0 aromatic carbocycles. The van der Waals surface area contributed by atoms with Crippen LogP contribution in [0.3, 0.4) is 0 Å². The largest absolute Gasteiger partial charge is 0.361 e. The van der Waals surface area contributed by atoms with Crippen LogP contribution in [0.5, 0.6) is 0 Å². The van der Waals surface area contributed by atoms with Crippen molar-refractivity contribution in [1.29, 1.82) is 0 Å². The zero-order chi connectivity index (χ0) is 11.5. The fourth-order valence-corrected chi connectivity index (χ4v) is 1.58. The highest BCUT2D eigenvalue weighted by Gasteiger charge is 2.11. The first-order chi connectivity index (χ1) is 7.72. The maximum atomic E-state index is 10.2. The number of nitrogens with one attached hydrogen (secondary N) is 1. The first-order valence-electron chi connectivity index (χ1n) is 4.82. The first-order valence-corrected chi connectivity index (χ1v) is 4.82. The molecule has 5 heteroatoms. The SMILES string of the molecule is Cc1noc(C)c1-c1ccc(NC=O)nc1. The van der Waals surface area contributed by atoms with E-state index in [1.165, 1.54) is 0 Å². The number of amides is 1. The van der Waals surface area contributed by atoms with Crippen molar-refractivity contribution < 1.29 is 9.32 Å². The maximum Gasteiger partial charge on any atom is 0.212 e. The van der Waals surface area contributed by atoms with Gasteiger partial charge < -0.3 is 9.84 Å². The molecule has 2 aromatic heterocycles. The lowest BCUT2D eigenvalue weighted by molar-refractivity contribution is -0.105. The Morgan fingerprint density at radius 1 is 1.38 bits per heavy atom. The third-order valence-electron chi connectivity index (χ3n) is 2.29. The van der Waals surface area contributed by atoms with Gasteiger partial charge in [0.25, 0.3) is 0 Å². The van der Waals surface area contributed by atoms with Crippen molar-refractivity contribution in [3.8, 4) is 11.1 Å². The van der Waals surface area contributed by atoms with Crippen molar-refractivity contribution in [3.05, 3.63) is 29.8 Å². The van der Waals surface area contributed by atoms with Crippen molar-refractivity contribution in [2.75, 3.05) is 5.32 Å². The molecule has 2 heterocycles. The van der Waals surface area contributed by atoms with Crippen LogP contribution in [0.4, 0.5) is 5.82 Å². The van der Waals surface area contributed by atoms with Gasteiger partial charge in [0.05, 0.1) is 5.69 Å². The topological polar surface area (TPSA) is 68.0 Å². The van der Waals surface area contributed by atoms with Gasteiger partial charge in [-0.3, -0.25) is 4.79 Å². The number of aryl methyl sites for hydroxylation is 2. The molecule has 16 heavy (non-hydrogen) atoms. The molecule has 0 atom stereocenters. The summed E-state index contributed by atoms with van der Waals surface area (Å²) in [6.45, 7) is 3.73. The van der Waals surface area contributed by atoms with E-state index in [-0.39, 0.29) is 0 Å². The lowest BCUT2D eigenvalue weighted by Gasteiger charge is -2.01. The number of aromatic nitrogens is 2. The number of carbonyl (C=O) groups is 1. The zero-order valence-electron chi connectivity index (χ0n) is 9.02. The van der Waals surface area contributed by atoms with E-state index in [1.54, 1.807) is 12.3 Å². The second-order valence-electron chi connectivity index (χ2n) is 3.39. The molecule has 0 unspecified atom stereocenters. The number of anilines is 1. The Balaban J connectivity index is 2.38. The van der Waals surface area contributed by atoms with E-state index in [2.05, 4.69) is 15.5 Å². The summed E-state index contributed by atoms with van der Waals surface area (Å²) in [6, 6.07) is 3.60. The van der Waals surface area contributed by atoms with Crippen LogP contribution < -0.4 is 5.32 Å². The van der Waals surface area contributed by atoms with Crippen LogP contribution in [0, 0.1) is 13.8 Å². The van der Waals surface area contributed by atoms with Crippen LogP contribution in [0.2, 0.25) is 0 Å². The zero-order valence-corrected chi connectivity index (χ0v) is 9.02. The summed E-state index contributed by atoms with van der Waals surface area (Å²) >= 11 is 0. The van der Waals surface area contributed by atoms with Crippen molar-refractivity contribution in [1.82, 2.24) is 10.1 Å². The monoisotopic (exact) mass is 217 g/mol. The minimum atomic E-state index is 0.519. The summed E-state index contributed by atoms with van der Waals surface area (Å²) in [6.07, 6.45) is 2.27. The summed E-state index contributed by atoms with van der Waals surface area (Å²) in [5, 5.41) is 6.36. The van der Waals surface area contributed by atoms with Crippen LogP contribution in [-0.4, -0.2) is 16.6 Å². The number of hydrogen-bond donors (Lipinski definition) is 1. The molecule has 0 aliphatic rings. The summed E-state index contributed by atoms with van der Waals surface area (Å²) in [5.74, 6) is 1.28. The normalized spacial score (nSPS) is 10.1. The lowest BCUT2D eigenvalue weighted by Crippen LogP contribution is -1.96. The Labute approximate surface area is 92.5 Å². The van der Waals surface area contributed by atoms with Gasteiger partial charge in [-0.1, -0.05) is 5.16 Å². The minimum Gasteiger partial charge on any atom is -0.361 e. The predicted octanol–water partition coefficient (Wildman–Crippen LogP) is 1.92. The molecular weight excluding hydrogens is 206 g/mol. The van der Waals surface area contributed by atoms with E-state index in [9.17, 15) is 4.79 Å². The molecule has 0 aliphatic carbocycles. The minimum absolute atomic E-state index is 0.519. The van der Waals surface area contributed by atoms with Gasteiger partial charge in [-0.15, -0.1) is 0 Å². The molecule has 0 bridgehead atoms. The van der Waals surface area contributed by atoms with Crippen molar-refractivity contribution in [2.45, 2.75) is 13.8 Å². The molecule has 0 spiro atoms. The van der Waals surface area contributed by atoms with Crippen LogP contribution >= 0.6 is 0 Å². The van der Waals surface area contributed by atoms with Crippen LogP contribution in [0.1, 0.15) is 11.5 Å². The number of hydrogen-bond acceptors (Lipinski definition) is 4. The van der Waals surface area contributed by atoms with E-state index in [1.807, 2.05) is 19.9 Å². The first kappa shape index (κ1) is 10.4. The number of pyridine rings is 1. The van der Waals surface area contributed by atoms with Gasteiger partial charge in [0.2, 0.25) is 6.41 Å². The fourth-order valence-electron chi connectivity index (χ4n) is 1.58. The molecule has 1 amide bonds. The van der Waals surface area contributed by atoms with E-state index in [0.717, 1.165) is 22.6 Å². The average molecular weight is 217 g/mol. The predicted molar refractivity (Wildman–Crippen MR) is 58.9 cm³/mol. The van der Waals surface area contributed by atoms with Gasteiger partial charge >= 0.3 is 0 Å². The van der Waals surface area contributed by atoms with Crippen molar-refractivity contribution in [3.63, 3.8) is 0 Å². The molecule has 0 saturated carbocycles. The van der Waals surface area contributed by atoms with E-state index >= 15 is 0 Å². The van der Waals surface area contributed by atoms with Gasteiger partial charge in [0.1, 0.15) is 11.6 Å². The standard InChI is InChI=1S/C11H11N3O2/c1-7-11(8(2)16-14-7)9-3-4-10(12-5-9)13-6-15/h3-6H,1-2H3,(H,12,13,15). The molecule has 1 N–H and O–H groups in total. The summed E-state index contributed by atoms with van der Waals surface area (Å²) in [5.41, 5.74) is 2.70. The summed E-state index contributed by atoms with van der Waals surface area (Å²) < 4.78 is 5.08. The molecule has 0 saturated heterocycles. The average Bonchev–Trinajstić information content (AvgIpc) is 2.61. The van der Waals surface area contributed by atoms with Gasteiger partial charge in [-0.25, -0.2) is 4.98 Å². The molecule has 2 rings (SSSR count). The molecule has 2 aromatic rings. The van der Waals surface area contributed by atoms with Crippen molar-refractivity contribution in [2.24, 2.45) is 0 Å². The second kappa shape index (κ2) is 4.14. The molecule has 5 nitrogen and oxygen atoms in total. The van der Waals surface area contributed by atoms with Gasteiger partial charge in [0.15, 0.2) is 0 Å². The van der Waals surface area contributed by atoms with Crippen molar-refractivity contribution >= 4 is 12.2 Å². The quantitative estimate of drug-likeness (QED) is 0.797. The number of nitrogens with zero attached hydrogens (tertiary/aromatic N) is 2. The maximum absolute atomic E-state index is 10.2.